The number of Topliss-reactive ketones (excluding diaryl/α,β-unsaturated/α-hetero) is 1. The lowest BCUT2D eigenvalue weighted by atomic mass is 9.95. The summed E-state index contributed by atoms with van der Waals surface area (Å²) in [4.78, 5) is 29.8. The van der Waals surface area contributed by atoms with Crippen LogP contribution >= 0.6 is 11.6 Å². The molecule has 0 spiro atoms. The molecule has 1 atom stereocenters. The first-order chi connectivity index (χ1) is 15.9. The first-order valence-electron chi connectivity index (χ1n) is 11.0. The minimum atomic E-state index is -0.726. The minimum absolute atomic E-state index is 0.0570. The summed E-state index contributed by atoms with van der Waals surface area (Å²) in [5.41, 5.74) is 1.16. The van der Waals surface area contributed by atoms with Crippen molar-refractivity contribution < 1.29 is 19.4 Å². The minimum Gasteiger partial charge on any atom is -0.507 e. The van der Waals surface area contributed by atoms with Crippen LogP contribution in [0.5, 0.6) is 5.75 Å². The highest BCUT2D eigenvalue weighted by atomic mass is 35.5. The summed E-state index contributed by atoms with van der Waals surface area (Å²) in [5, 5.41) is 11.6. The summed E-state index contributed by atoms with van der Waals surface area (Å²) in [6.45, 7) is 10.7. The first kappa shape index (κ1) is 24.6. The van der Waals surface area contributed by atoms with Crippen molar-refractivity contribution in [2.45, 2.75) is 19.9 Å². The average Bonchev–Trinajstić information content (AvgIpc) is 3.08. The van der Waals surface area contributed by atoms with E-state index in [4.69, 9.17) is 16.3 Å². The van der Waals surface area contributed by atoms with E-state index in [0.717, 1.165) is 13.1 Å². The highest BCUT2D eigenvalue weighted by Gasteiger charge is 2.46. The van der Waals surface area contributed by atoms with Gasteiger partial charge in [-0.05, 0) is 55.1 Å². The number of hydrogen-bond donors (Lipinski definition) is 1. The second kappa shape index (κ2) is 11.2. The standard InChI is InChI=1S/C26H29ClN2O4/c1-4-16-33-21-12-10-18(11-13-21)24(30)22-23(19-8-7-9-20(27)17-19)29(26(32)25(22)31)15-14-28(5-2)6-3/h4,7-13,17,23,30H,1,5-6,14-16H2,2-3H3/b24-22-. The predicted octanol–water partition coefficient (Wildman–Crippen LogP) is 4.67. The number of likely N-dealkylation sites (tertiary alicyclic amines) is 1. The first-order valence-corrected chi connectivity index (χ1v) is 11.4. The normalized spacial score (nSPS) is 17.6. The zero-order valence-corrected chi connectivity index (χ0v) is 19.7. The summed E-state index contributed by atoms with van der Waals surface area (Å²) >= 11 is 6.22. The number of halogens is 1. The molecular formula is C26H29ClN2O4. The van der Waals surface area contributed by atoms with Crippen LogP contribution < -0.4 is 4.74 Å². The number of amides is 1. The Morgan fingerprint density at radius 1 is 1.18 bits per heavy atom. The maximum Gasteiger partial charge on any atom is 0.295 e. The fourth-order valence-electron chi connectivity index (χ4n) is 3.94. The van der Waals surface area contributed by atoms with E-state index in [1.807, 2.05) is 6.07 Å². The van der Waals surface area contributed by atoms with Crippen molar-refractivity contribution in [2.75, 3.05) is 32.8 Å². The van der Waals surface area contributed by atoms with E-state index in [2.05, 4.69) is 25.3 Å². The molecule has 1 aliphatic rings. The van der Waals surface area contributed by atoms with Gasteiger partial charge in [-0.1, -0.05) is 50.2 Å². The number of aliphatic hydroxyl groups is 1. The highest BCUT2D eigenvalue weighted by Crippen LogP contribution is 2.40. The third-order valence-corrected chi connectivity index (χ3v) is 5.99. The van der Waals surface area contributed by atoms with Gasteiger partial charge in [0, 0.05) is 23.7 Å². The quantitative estimate of drug-likeness (QED) is 0.237. The number of carbonyl (C=O) groups is 2. The highest BCUT2D eigenvalue weighted by molar-refractivity contribution is 6.46. The molecule has 2 aromatic rings. The van der Waals surface area contributed by atoms with Gasteiger partial charge in [-0.25, -0.2) is 0 Å². The van der Waals surface area contributed by atoms with Crippen molar-refractivity contribution in [3.63, 3.8) is 0 Å². The number of benzene rings is 2. The van der Waals surface area contributed by atoms with Crippen LogP contribution in [0, 0.1) is 0 Å². The lowest BCUT2D eigenvalue weighted by Gasteiger charge is -2.28. The maximum absolute atomic E-state index is 13.1. The number of aliphatic hydroxyl groups excluding tert-OH is 1. The zero-order chi connectivity index (χ0) is 24.0. The molecule has 1 saturated heterocycles. The number of carbonyl (C=O) groups excluding carboxylic acids is 2. The molecule has 1 N–H and O–H groups in total. The van der Waals surface area contributed by atoms with E-state index in [1.54, 1.807) is 48.5 Å². The Hall–Kier alpha value is -3.09. The van der Waals surface area contributed by atoms with Crippen molar-refractivity contribution in [3.8, 4) is 5.75 Å². The molecule has 33 heavy (non-hydrogen) atoms. The summed E-state index contributed by atoms with van der Waals surface area (Å²) in [6, 6.07) is 13.0. The van der Waals surface area contributed by atoms with Gasteiger partial charge in [0.05, 0.1) is 11.6 Å². The summed E-state index contributed by atoms with van der Waals surface area (Å²) in [5.74, 6) is -0.944. The summed E-state index contributed by atoms with van der Waals surface area (Å²) in [6.07, 6.45) is 1.64. The Kier molecular flexibility index (Phi) is 8.31. The van der Waals surface area contributed by atoms with Gasteiger partial charge in [-0.2, -0.15) is 0 Å². The topological polar surface area (TPSA) is 70.1 Å². The van der Waals surface area contributed by atoms with Gasteiger partial charge < -0.3 is 19.6 Å². The van der Waals surface area contributed by atoms with Crippen LogP contribution in [0.3, 0.4) is 0 Å². The van der Waals surface area contributed by atoms with E-state index in [9.17, 15) is 14.7 Å². The predicted molar refractivity (Wildman–Crippen MR) is 130 cm³/mol. The zero-order valence-electron chi connectivity index (χ0n) is 19.0. The Balaban J connectivity index is 2.04. The molecule has 174 valence electrons. The Morgan fingerprint density at radius 2 is 1.88 bits per heavy atom. The van der Waals surface area contributed by atoms with Gasteiger partial charge in [0.25, 0.3) is 11.7 Å². The van der Waals surface area contributed by atoms with Crippen molar-refractivity contribution in [1.29, 1.82) is 0 Å². The van der Waals surface area contributed by atoms with Crippen LogP contribution in [0.2, 0.25) is 5.02 Å². The van der Waals surface area contributed by atoms with Crippen LogP contribution in [0.25, 0.3) is 5.76 Å². The molecule has 1 heterocycles. The number of ketones is 1. The SMILES string of the molecule is C=CCOc1ccc(/C(O)=C2/C(=O)C(=O)N(CCN(CC)CC)C2c2cccc(Cl)c2)cc1. The van der Waals surface area contributed by atoms with Gasteiger partial charge in [0.1, 0.15) is 18.1 Å². The largest absolute Gasteiger partial charge is 0.507 e. The molecule has 1 unspecified atom stereocenters. The third-order valence-electron chi connectivity index (χ3n) is 5.75. The van der Waals surface area contributed by atoms with Crippen LogP contribution in [0.1, 0.15) is 31.0 Å². The van der Waals surface area contributed by atoms with Crippen LogP contribution in [0.15, 0.2) is 66.8 Å². The summed E-state index contributed by atoms with van der Waals surface area (Å²) < 4.78 is 5.49. The fourth-order valence-corrected chi connectivity index (χ4v) is 4.14. The number of hydrogen-bond acceptors (Lipinski definition) is 5. The molecule has 0 aromatic heterocycles. The van der Waals surface area contributed by atoms with E-state index >= 15 is 0 Å². The van der Waals surface area contributed by atoms with E-state index in [1.165, 1.54) is 4.90 Å². The average molecular weight is 469 g/mol. The number of nitrogens with zero attached hydrogens (tertiary/aromatic N) is 2. The van der Waals surface area contributed by atoms with Crippen LogP contribution in [0.4, 0.5) is 0 Å². The molecule has 1 aliphatic heterocycles. The van der Waals surface area contributed by atoms with Crippen molar-refractivity contribution in [3.05, 3.63) is 82.9 Å². The van der Waals surface area contributed by atoms with Gasteiger partial charge in [0.15, 0.2) is 0 Å². The Bertz CT molecular complexity index is 1040. The molecule has 1 amide bonds. The lowest BCUT2D eigenvalue weighted by Crippen LogP contribution is -2.38. The molecular weight excluding hydrogens is 440 g/mol. The van der Waals surface area contributed by atoms with Gasteiger partial charge in [0.2, 0.25) is 0 Å². The molecule has 3 rings (SSSR count). The summed E-state index contributed by atoms with van der Waals surface area (Å²) in [7, 11) is 0. The molecule has 2 aromatic carbocycles. The molecule has 7 heteroatoms. The second-order valence-electron chi connectivity index (χ2n) is 7.70. The lowest BCUT2D eigenvalue weighted by molar-refractivity contribution is -0.140. The van der Waals surface area contributed by atoms with Crippen molar-refractivity contribution in [2.24, 2.45) is 0 Å². The van der Waals surface area contributed by atoms with Crippen molar-refractivity contribution in [1.82, 2.24) is 9.80 Å². The van der Waals surface area contributed by atoms with Gasteiger partial charge in [-0.15, -0.1) is 0 Å². The van der Waals surface area contributed by atoms with E-state index < -0.39 is 17.7 Å². The Morgan fingerprint density at radius 3 is 2.48 bits per heavy atom. The molecule has 0 radical (unpaired) electrons. The number of rotatable bonds is 10. The monoisotopic (exact) mass is 468 g/mol. The smallest absolute Gasteiger partial charge is 0.295 e. The second-order valence-corrected chi connectivity index (χ2v) is 8.13. The third kappa shape index (κ3) is 5.46. The molecule has 0 aliphatic carbocycles. The maximum atomic E-state index is 13.1. The molecule has 6 nitrogen and oxygen atoms in total. The number of ether oxygens (including phenoxy) is 1. The molecule has 0 saturated carbocycles. The van der Waals surface area contributed by atoms with Gasteiger partial charge >= 0.3 is 0 Å². The number of likely N-dealkylation sites (N-methyl/N-ethyl adjacent to an activating group) is 1. The molecule has 0 bridgehead atoms. The Labute approximate surface area is 199 Å². The molecule has 1 fully saturated rings. The van der Waals surface area contributed by atoms with E-state index in [-0.39, 0.29) is 11.3 Å². The fraction of sp³-hybridized carbons (Fsp3) is 0.308. The van der Waals surface area contributed by atoms with Gasteiger partial charge in [-0.3, -0.25) is 9.59 Å². The van der Waals surface area contributed by atoms with Crippen LogP contribution in [-0.2, 0) is 9.59 Å². The van der Waals surface area contributed by atoms with Crippen molar-refractivity contribution >= 4 is 29.1 Å². The van der Waals surface area contributed by atoms with Crippen LogP contribution in [-0.4, -0.2) is 59.4 Å². The van der Waals surface area contributed by atoms with E-state index in [0.29, 0.717) is 41.6 Å².